The van der Waals surface area contributed by atoms with E-state index >= 15 is 0 Å². The molecule has 5 aromatic rings. The molecule has 0 amide bonds. The van der Waals surface area contributed by atoms with Gasteiger partial charge in [0.2, 0.25) is 5.95 Å². The third kappa shape index (κ3) is 4.89. The van der Waals surface area contributed by atoms with Crippen LogP contribution >= 0.6 is 11.3 Å². The summed E-state index contributed by atoms with van der Waals surface area (Å²) in [4.78, 5) is 14.9. The zero-order valence-electron chi connectivity index (χ0n) is 18.9. The Morgan fingerprint density at radius 1 is 1.03 bits per heavy atom. The molecule has 0 spiro atoms. The highest BCUT2D eigenvalue weighted by molar-refractivity contribution is 7.91. The number of fused-ring (bicyclic) bond motifs is 1. The van der Waals surface area contributed by atoms with Gasteiger partial charge >= 0.3 is 0 Å². The van der Waals surface area contributed by atoms with Crippen molar-refractivity contribution in [2.45, 2.75) is 18.2 Å². The first-order valence-corrected chi connectivity index (χ1v) is 13.6. The van der Waals surface area contributed by atoms with Gasteiger partial charge in [-0.1, -0.05) is 17.7 Å². The van der Waals surface area contributed by atoms with Crippen molar-refractivity contribution in [1.29, 1.82) is 0 Å². The smallest absolute Gasteiger partial charge is 0.223 e. The minimum Gasteiger partial charge on any atom is -0.508 e. The number of thiazole rings is 1. The molecule has 0 saturated heterocycles. The molecule has 2 N–H and O–H groups in total. The largest absolute Gasteiger partial charge is 0.508 e. The lowest BCUT2D eigenvalue weighted by Crippen LogP contribution is -2.13. The maximum absolute atomic E-state index is 12.6. The summed E-state index contributed by atoms with van der Waals surface area (Å²) in [6.45, 7) is 2.34. The van der Waals surface area contributed by atoms with E-state index in [0.717, 1.165) is 27.5 Å². The van der Waals surface area contributed by atoms with Crippen molar-refractivity contribution < 1.29 is 13.5 Å². The van der Waals surface area contributed by atoms with Crippen LogP contribution in [0.2, 0.25) is 0 Å². The molecule has 0 saturated carbocycles. The molecular weight excluding hydrogens is 482 g/mol. The second-order valence-corrected chi connectivity index (χ2v) is 11.1. The first-order valence-electron chi connectivity index (χ1n) is 11.0. The molecule has 178 valence electrons. The molecule has 35 heavy (non-hydrogen) atoms. The van der Waals surface area contributed by atoms with Crippen LogP contribution in [0.15, 0.2) is 77.3 Å². The Labute approximate surface area is 206 Å². The molecule has 3 heterocycles. The standard InChI is InChI=1S/C25H23N5O3S2/c1-17-3-9-20(10-4-17)35(32,33)16-2-12-26-24-27-13-11-21(28-24)23-22(18-5-7-19(31)8-6-18)29-25-30(23)14-15-34-25/h3-11,13-15,31H,2,12,16H2,1H3,(H,26,27,28). The van der Waals surface area contributed by atoms with Crippen molar-refractivity contribution >= 4 is 32.1 Å². The third-order valence-corrected chi connectivity index (χ3v) is 8.13. The van der Waals surface area contributed by atoms with E-state index in [0.29, 0.717) is 29.5 Å². The maximum Gasteiger partial charge on any atom is 0.223 e. The number of anilines is 1. The number of aryl methyl sites for hydroxylation is 1. The molecule has 0 unspecified atom stereocenters. The number of imidazole rings is 1. The van der Waals surface area contributed by atoms with Crippen molar-refractivity contribution in [3.05, 3.63) is 77.9 Å². The number of hydrogen-bond donors (Lipinski definition) is 2. The van der Waals surface area contributed by atoms with E-state index in [1.54, 1.807) is 42.6 Å². The molecular formula is C25H23N5O3S2. The van der Waals surface area contributed by atoms with E-state index in [2.05, 4.69) is 15.3 Å². The Kier molecular flexibility index (Phi) is 6.23. The average Bonchev–Trinajstić information content (AvgIpc) is 3.44. The first-order chi connectivity index (χ1) is 16.9. The number of nitrogens with one attached hydrogen (secondary N) is 1. The lowest BCUT2D eigenvalue weighted by Gasteiger charge is -2.09. The van der Waals surface area contributed by atoms with Gasteiger partial charge in [0, 0.05) is 29.9 Å². The fraction of sp³-hybridized carbons (Fsp3) is 0.160. The maximum atomic E-state index is 12.6. The van der Waals surface area contributed by atoms with Crippen molar-refractivity contribution in [2.24, 2.45) is 0 Å². The van der Waals surface area contributed by atoms with E-state index in [9.17, 15) is 13.5 Å². The lowest BCUT2D eigenvalue weighted by atomic mass is 10.1. The van der Waals surface area contributed by atoms with Gasteiger partial charge in [-0.05, 0) is 55.8 Å². The minimum absolute atomic E-state index is 0.0336. The number of phenols is 1. The molecule has 5 rings (SSSR count). The van der Waals surface area contributed by atoms with Gasteiger partial charge in [-0.3, -0.25) is 4.40 Å². The molecule has 0 atom stereocenters. The van der Waals surface area contributed by atoms with Crippen molar-refractivity contribution in [2.75, 3.05) is 17.6 Å². The summed E-state index contributed by atoms with van der Waals surface area (Å²) >= 11 is 1.52. The molecule has 0 fully saturated rings. The molecule has 0 aliphatic carbocycles. The number of hydrogen-bond acceptors (Lipinski definition) is 8. The SMILES string of the molecule is Cc1ccc(S(=O)(=O)CCCNc2nccc(-c3c(-c4ccc(O)cc4)nc4sccn34)n2)cc1. The topological polar surface area (TPSA) is 109 Å². The quantitative estimate of drug-likeness (QED) is 0.291. The molecule has 0 radical (unpaired) electrons. The summed E-state index contributed by atoms with van der Waals surface area (Å²) < 4.78 is 27.1. The highest BCUT2D eigenvalue weighted by Gasteiger charge is 2.19. The second-order valence-electron chi connectivity index (χ2n) is 8.09. The van der Waals surface area contributed by atoms with Gasteiger partial charge in [0.05, 0.1) is 22.0 Å². The highest BCUT2D eigenvalue weighted by atomic mass is 32.2. The van der Waals surface area contributed by atoms with Crippen molar-refractivity contribution in [1.82, 2.24) is 19.4 Å². The predicted molar refractivity (Wildman–Crippen MR) is 138 cm³/mol. The third-order valence-electron chi connectivity index (χ3n) is 5.55. The van der Waals surface area contributed by atoms with Gasteiger partial charge in [0.15, 0.2) is 14.8 Å². The number of phenolic OH excluding ortho intramolecular Hbond substituents is 1. The van der Waals surface area contributed by atoms with E-state index in [1.165, 1.54) is 11.3 Å². The fourth-order valence-electron chi connectivity index (χ4n) is 3.75. The monoisotopic (exact) mass is 505 g/mol. The van der Waals surface area contributed by atoms with Crippen molar-refractivity contribution in [3.8, 4) is 28.4 Å². The Bertz CT molecular complexity index is 1570. The van der Waals surface area contributed by atoms with Crippen molar-refractivity contribution in [3.63, 3.8) is 0 Å². The van der Waals surface area contributed by atoms with Crippen LogP contribution in [0, 0.1) is 6.92 Å². The summed E-state index contributed by atoms with van der Waals surface area (Å²) in [5.41, 5.74) is 4.14. The summed E-state index contributed by atoms with van der Waals surface area (Å²) in [7, 11) is -3.34. The van der Waals surface area contributed by atoms with Gasteiger partial charge in [-0.2, -0.15) is 0 Å². The van der Waals surface area contributed by atoms with E-state index < -0.39 is 9.84 Å². The molecule has 0 bridgehead atoms. The summed E-state index contributed by atoms with van der Waals surface area (Å²) in [5.74, 6) is 0.637. The molecule has 10 heteroatoms. The Morgan fingerprint density at radius 2 is 1.80 bits per heavy atom. The van der Waals surface area contributed by atoms with Gasteiger partial charge in [0.1, 0.15) is 11.4 Å². The molecule has 0 aliphatic rings. The van der Waals surface area contributed by atoms with Gasteiger partial charge in [-0.25, -0.2) is 23.4 Å². The van der Waals surface area contributed by atoms with Crippen LogP contribution in [-0.2, 0) is 9.84 Å². The average molecular weight is 506 g/mol. The van der Waals surface area contributed by atoms with Gasteiger partial charge in [0.25, 0.3) is 0 Å². The number of benzene rings is 2. The van der Waals surface area contributed by atoms with Gasteiger partial charge < -0.3 is 10.4 Å². The number of aromatic hydroxyl groups is 1. The highest BCUT2D eigenvalue weighted by Crippen LogP contribution is 2.34. The fourth-order valence-corrected chi connectivity index (χ4v) is 5.78. The van der Waals surface area contributed by atoms with Crippen LogP contribution < -0.4 is 5.32 Å². The molecule has 3 aromatic heterocycles. The zero-order chi connectivity index (χ0) is 24.4. The Morgan fingerprint density at radius 3 is 2.57 bits per heavy atom. The van der Waals surface area contributed by atoms with Crippen LogP contribution in [-0.4, -0.2) is 45.2 Å². The molecule has 8 nitrogen and oxygen atoms in total. The zero-order valence-corrected chi connectivity index (χ0v) is 20.6. The van der Waals surface area contributed by atoms with Crippen LogP contribution in [0.3, 0.4) is 0 Å². The molecule has 2 aromatic carbocycles. The van der Waals surface area contributed by atoms with Crippen LogP contribution in [0.4, 0.5) is 5.95 Å². The minimum atomic E-state index is -3.34. The normalized spacial score (nSPS) is 11.7. The summed E-state index contributed by atoms with van der Waals surface area (Å²) in [6.07, 6.45) is 4.03. The van der Waals surface area contributed by atoms with Crippen LogP contribution in [0.25, 0.3) is 27.6 Å². The Balaban J connectivity index is 1.33. The Hall–Kier alpha value is -3.76. The first kappa shape index (κ1) is 23.0. The lowest BCUT2D eigenvalue weighted by molar-refractivity contribution is 0.475. The predicted octanol–water partition coefficient (Wildman–Crippen LogP) is 4.81. The van der Waals surface area contributed by atoms with E-state index in [1.807, 2.05) is 41.1 Å². The summed E-state index contributed by atoms with van der Waals surface area (Å²) in [5, 5.41) is 14.8. The summed E-state index contributed by atoms with van der Waals surface area (Å²) in [6, 6.07) is 15.6. The number of rotatable bonds is 8. The number of sulfone groups is 1. The number of nitrogens with zero attached hydrogens (tertiary/aromatic N) is 4. The van der Waals surface area contributed by atoms with Gasteiger partial charge in [-0.15, -0.1) is 11.3 Å². The molecule has 0 aliphatic heterocycles. The van der Waals surface area contributed by atoms with Crippen LogP contribution in [0.1, 0.15) is 12.0 Å². The van der Waals surface area contributed by atoms with E-state index in [4.69, 9.17) is 4.98 Å². The van der Waals surface area contributed by atoms with Crippen LogP contribution in [0.5, 0.6) is 5.75 Å². The second kappa shape index (κ2) is 9.47. The number of aromatic nitrogens is 4. The van der Waals surface area contributed by atoms with E-state index in [-0.39, 0.29) is 11.5 Å².